The van der Waals surface area contributed by atoms with Crippen molar-refractivity contribution in [2.45, 2.75) is 13.8 Å². The molecule has 0 spiro atoms. The lowest BCUT2D eigenvalue weighted by Crippen LogP contribution is -2.16. The van der Waals surface area contributed by atoms with Gasteiger partial charge in [-0.1, -0.05) is 5.16 Å². The maximum atomic E-state index is 13.7. The Morgan fingerprint density at radius 3 is 2.50 bits per heavy atom. The lowest BCUT2D eigenvalue weighted by Gasteiger charge is -2.09. The molecule has 0 saturated heterocycles. The number of fused-ring (bicyclic) bond motifs is 1. The van der Waals surface area contributed by atoms with E-state index in [1.807, 2.05) is 26.0 Å². The lowest BCUT2D eigenvalue weighted by atomic mass is 10.00. The van der Waals surface area contributed by atoms with E-state index in [1.54, 1.807) is 18.3 Å². The number of aryl methyl sites for hydroxylation is 2. The summed E-state index contributed by atoms with van der Waals surface area (Å²) in [6.45, 7) is 3.84. The van der Waals surface area contributed by atoms with Gasteiger partial charge < -0.3 is 9.84 Å². The fourth-order valence-corrected chi connectivity index (χ4v) is 2.96. The van der Waals surface area contributed by atoms with Crippen molar-refractivity contribution in [1.29, 1.82) is 0 Å². The number of amides is 1. The molecule has 6 nitrogen and oxygen atoms in total. The van der Waals surface area contributed by atoms with Crippen molar-refractivity contribution in [2.75, 3.05) is 5.32 Å². The topological polar surface area (TPSA) is 80.9 Å². The summed E-state index contributed by atoms with van der Waals surface area (Å²) in [6.07, 6.45) is 3.11. The summed E-state index contributed by atoms with van der Waals surface area (Å²) in [5.74, 6) is -2.85. The molecule has 1 N–H and O–H groups in total. The van der Waals surface area contributed by atoms with Crippen LogP contribution in [0.2, 0.25) is 0 Å². The van der Waals surface area contributed by atoms with Crippen LogP contribution in [0, 0.1) is 25.5 Å². The molecule has 3 heterocycles. The van der Waals surface area contributed by atoms with Gasteiger partial charge in [0.1, 0.15) is 11.4 Å². The zero-order valence-electron chi connectivity index (χ0n) is 15.0. The van der Waals surface area contributed by atoms with Gasteiger partial charge in [-0.25, -0.2) is 13.8 Å². The first-order valence-corrected chi connectivity index (χ1v) is 8.37. The van der Waals surface area contributed by atoms with Crippen LogP contribution in [-0.2, 0) is 0 Å². The highest BCUT2D eigenvalue weighted by Gasteiger charge is 2.18. The predicted molar refractivity (Wildman–Crippen MR) is 98.8 cm³/mol. The molecular formula is C20H14F2N4O2. The van der Waals surface area contributed by atoms with Crippen LogP contribution in [0.25, 0.3) is 22.1 Å². The SMILES string of the molecule is Cc1cc2c(C)noc2cc1-c1ccc(NC(=O)c2c(F)cncc2F)nc1. The summed E-state index contributed by atoms with van der Waals surface area (Å²) in [6, 6.07) is 7.17. The maximum Gasteiger partial charge on any atom is 0.262 e. The van der Waals surface area contributed by atoms with Gasteiger partial charge in [-0.15, -0.1) is 0 Å². The van der Waals surface area contributed by atoms with Crippen molar-refractivity contribution < 1.29 is 18.1 Å². The molecule has 4 rings (SSSR count). The summed E-state index contributed by atoms with van der Waals surface area (Å²) in [4.78, 5) is 19.7. The molecule has 8 heteroatoms. The van der Waals surface area contributed by atoms with Gasteiger partial charge in [-0.05, 0) is 49.2 Å². The Balaban J connectivity index is 1.61. The van der Waals surface area contributed by atoms with Crippen molar-refractivity contribution in [2.24, 2.45) is 0 Å². The number of hydrogen-bond acceptors (Lipinski definition) is 5. The number of benzene rings is 1. The molecule has 0 saturated carbocycles. The summed E-state index contributed by atoms with van der Waals surface area (Å²) < 4.78 is 32.6. The first kappa shape index (κ1) is 17.7. The largest absolute Gasteiger partial charge is 0.356 e. The molecule has 0 aliphatic rings. The van der Waals surface area contributed by atoms with Gasteiger partial charge in [0.25, 0.3) is 5.91 Å². The van der Waals surface area contributed by atoms with Crippen molar-refractivity contribution in [1.82, 2.24) is 15.1 Å². The zero-order valence-corrected chi connectivity index (χ0v) is 15.0. The van der Waals surface area contributed by atoms with Gasteiger partial charge in [-0.3, -0.25) is 9.78 Å². The van der Waals surface area contributed by atoms with Gasteiger partial charge in [0.15, 0.2) is 17.2 Å². The third-order valence-electron chi connectivity index (χ3n) is 4.39. The van der Waals surface area contributed by atoms with Crippen molar-refractivity contribution >= 4 is 22.7 Å². The normalized spacial score (nSPS) is 11.0. The number of nitrogens with zero attached hydrogens (tertiary/aromatic N) is 3. The summed E-state index contributed by atoms with van der Waals surface area (Å²) >= 11 is 0. The maximum absolute atomic E-state index is 13.7. The molecular weight excluding hydrogens is 366 g/mol. The highest BCUT2D eigenvalue weighted by Crippen LogP contribution is 2.30. The summed E-state index contributed by atoms with van der Waals surface area (Å²) in [5.41, 5.74) is 3.49. The molecule has 1 amide bonds. The van der Waals surface area contributed by atoms with Gasteiger partial charge in [0.05, 0.1) is 18.1 Å². The quantitative estimate of drug-likeness (QED) is 0.569. The van der Waals surface area contributed by atoms with Gasteiger partial charge in [0.2, 0.25) is 0 Å². The van der Waals surface area contributed by atoms with Crippen LogP contribution < -0.4 is 5.32 Å². The van der Waals surface area contributed by atoms with Crippen LogP contribution in [0.3, 0.4) is 0 Å². The minimum absolute atomic E-state index is 0.165. The summed E-state index contributed by atoms with van der Waals surface area (Å²) in [5, 5.41) is 7.28. The Morgan fingerprint density at radius 1 is 1.07 bits per heavy atom. The molecule has 28 heavy (non-hydrogen) atoms. The first-order chi connectivity index (χ1) is 13.4. The zero-order chi connectivity index (χ0) is 19.8. The molecule has 0 radical (unpaired) electrons. The number of nitrogens with one attached hydrogen (secondary N) is 1. The number of anilines is 1. The van der Waals surface area contributed by atoms with Crippen LogP contribution >= 0.6 is 0 Å². The Bertz CT molecular complexity index is 1180. The van der Waals surface area contributed by atoms with E-state index < -0.39 is 23.1 Å². The van der Waals surface area contributed by atoms with Crippen LogP contribution in [0.15, 0.2) is 47.4 Å². The smallest absolute Gasteiger partial charge is 0.262 e. The third-order valence-corrected chi connectivity index (χ3v) is 4.39. The highest BCUT2D eigenvalue weighted by atomic mass is 19.1. The average molecular weight is 380 g/mol. The molecule has 0 bridgehead atoms. The second kappa shape index (κ2) is 6.80. The molecule has 0 unspecified atom stereocenters. The van der Waals surface area contributed by atoms with E-state index >= 15 is 0 Å². The second-order valence-electron chi connectivity index (χ2n) is 6.30. The molecule has 1 aromatic carbocycles. The van der Waals surface area contributed by atoms with E-state index in [4.69, 9.17) is 4.52 Å². The van der Waals surface area contributed by atoms with Crippen molar-refractivity contribution in [3.8, 4) is 11.1 Å². The van der Waals surface area contributed by atoms with Crippen molar-refractivity contribution in [3.05, 3.63) is 71.3 Å². The third kappa shape index (κ3) is 3.09. The lowest BCUT2D eigenvalue weighted by molar-refractivity contribution is 0.101. The van der Waals surface area contributed by atoms with Gasteiger partial charge in [-0.2, -0.15) is 0 Å². The Kier molecular flexibility index (Phi) is 4.31. The molecule has 0 aliphatic carbocycles. The number of carbonyl (C=O) groups excluding carboxylic acids is 1. The van der Waals surface area contributed by atoms with Gasteiger partial charge >= 0.3 is 0 Å². The fraction of sp³-hybridized carbons (Fsp3) is 0.100. The number of halogens is 2. The van der Waals surface area contributed by atoms with Gasteiger partial charge in [0, 0.05) is 17.1 Å². The highest BCUT2D eigenvalue weighted by molar-refractivity contribution is 6.04. The van der Waals surface area contributed by atoms with E-state index in [0.717, 1.165) is 40.2 Å². The van der Waals surface area contributed by atoms with Crippen LogP contribution in [0.4, 0.5) is 14.6 Å². The second-order valence-corrected chi connectivity index (χ2v) is 6.30. The monoisotopic (exact) mass is 380 g/mol. The van der Waals surface area contributed by atoms with Crippen LogP contribution in [0.1, 0.15) is 21.6 Å². The number of hydrogen-bond donors (Lipinski definition) is 1. The Labute approximate surface area is 158 Å². The molecule has 0 fully saturated rings. The van der Waals surface area contributed by atoms with E-state index in [0.29, 0.717) is 5.58 Å². The Hall–Kier alpha value is -3.68. The minimum atomic E-state index is -1.04. The molecule has 0 aliphatic heterocycles. The summed E-state index contributed by atoms with van der Waals surface area (Å²) in [7, 11) is 0. The standard InChI is InChI=1S/C20H14F2N4O2/c1-10-5-14-11(2)26-28-17(14)6-13(10)12-3-4-18(24-7-12)25-20(27)19-15(21)8-23-9-16(19)22/h3-9H,1-2H3,(H,24,25,27). The Morgan fingerprint density at radius 2 is 1.82 bits per heavy atom. The van der Waals surface area contributed by atoms with E-state index in [1.165, 1.54) is 0 Å². The van der Waals surface area contributed by atoms with Crippen molar-refractivity contribution in [3.63, 3.8) is 0 Å². The average Bonchev–Trinajstić information content (AvgIpc) is 3.02. The fourth-order valence-electron chi connectivity index (χ4n) is 2.96. The van der Waals surface area contributed by atoms with E-state index in [2.05, 4.69) is 20.4 Å². The molecule has 3 aromatic heterocycles. The number of pyridine rings is 2. The van der Waals surface area contributed by atoms with Crippen LogP contribution in [-0.4, -0.2) is 21.0 Å². The molecule has 4 aromatic rings. The minimum Gasteiger partial charge on any atom is -0.356 e. The molecule has 0 atom stereocenters. The van der Waals surface area contributed by atoms with Crippen LogP contribution in [0.5, 0.6) is 0 Å². The van der Waals surface area contributed by atoms with E-state index in [-0.39, 0.29) is 5.82 Å². The number of carbonyl (C=O) groups is 1. The van der Waals surface area contributed by atoms with E-state index in [9.17, 15) is 13.6 Å². The number of aromatic nitrogens is 3. The number of rotatable bonds is 3. The predicted octanol–water partition coefficient (Wildman–Crippen LogP) is 4.43. The first-order valence-electron chi connectivity index (χ1n) is 8.37. The molecule has 140 valence electrons.